The molecule has 0 radical (unpaired) electrons. The Bertz CT molecular complexity index is 205. The van der Waals surface area contributed by atoms with Crippen LogP contribution in [-0.2, 0) is 4.79 Å². The molecule has 13 heavy (non-hydrogen) atoms. The summed E-state index contributed by atoms with van der Waals surface area (Å²) in [4.78, 5) is 11.0. The number of piperidine rings is 1. The van der Waals surface area contributed by atoms with E-state index in [0.717, 1.165) is 13.0 Å². The van der Waals surface area contributed by atoms with Gasteiger partial charge in [0.2, 0.25) is 5.91 Å². The van der Waals surface area contributed by atoms with Crippen LogP contribution in [-0.4, -0.2) is 18.5 Å². The lowest BCUT2D eigenvalue weighted by Gasteiger charge is -2.39. The number of carbonyl (C=O) groups is 1. The molecule has 74 valence electrons. The maximum Gasteiger partial charge on any atom is 0.221 e. The van der Waals surface area contributed by atoms with Crippen LogP contribution in [0, 0.1) is 11.8 Å². The summed E-state index contributed by atoms with van der Waals surface area (Å²) >= 11 is 0. The second-order valence-electron chi connectivity index (χ2n) is 4.39. The van der Waals surface area contributed by atoms with Crippen LogP contribution in [0.15, 0.2) is 0 Å². The lowest BCUT2D eigenvalue weighted by atomic mass is 9.76. The van der Waals surface area contributed by atoms with Crippen LogP contribution in [0.3, 0.4) is 0 Å². The zero-order chi connectivity index (χ0) is 9.26. The molecule has 0 spiro atoms. The van der Waals surface area contributed by atoms with Crippen LogP contribution in [0.25, 0.3) is 0 Å². The van der Waals surface area contributed by atoms with E-state index < -0.39 is 0 Å². The lowest BCUT2D eigenvalue weighted by molar-refractivity contribution is -0.123. The van der Waals surface area contributed by atoms with Gasteiger partial charge in [-0.1, -0.05) is 12.8 Å². The van der Waals surface area contributed by atoms with Crippen LogP contribution in [0.2, 0.25) is 0 Å². The Morgan fingerprint density at radius 3 is 2.85 bits per heavy atom. The molecular formula is C10H18N2O. The van der Waals surface area contributed by atoms with Gasteiger partial charge in [-0.05, 0) is 25.2 Å². The minimum Gasteiger partial charge on any atom is -0.369 e. The van der Waals surface area contributed by atoms with Crippen molar-refractivity contribution in [1.29, 1.82) is 0 Å². The van der Waals surface area contributed by atoms with Crippen molar-refractivity contribution in [2.24, 2.45) is 17.6 Å². The average Bonchev–Trinajstić information content (AvgIpc) is 2.17. The Labute approximate surface area is 79.1 Å². The summed E-state index contributed by atoms with van der Waals surface area (Å²) in [5.41, 5.74) is 5.31. The maximum absolute atomic E-state index is 11.0. The largest absolute Gasteiger partial charge is 0.369 e. The number of primary amides is 1. The van der Waals surface area contributed by atoms with Crippen molar-refractivity contribution in [1.82, 2.24) is 5.32 Å². The maximum atomic E-state index is 11.0. The molecule has 3 heteroatoms. The van der Waals surface area contributed by atoms with Gasteiger partial charge in [-0.25, -0.2) is 0 Å². The topological polar surface area (TPSA) is 55.1 Å². The zero-order valence-electron chi connectivity index (χ0n) is 7.96. The molecule has 0 aromatic carbocycles. The van der Waals surface area contributed by atoms with Crippen LogP contribution in [0.4, 0.5) is 0 Å². The first-order chi connectivity index (χ1) is 6.27. The smallest absolute Gasteiger partial charge is 0.221 e. The number of hydrogen-bond acceptors (Lipinski definition) is 2. The molecule has 0 aromatic rings. The highest BCUT2D eigenvalue weighted by Crippen LogP contribution is 2.32. The standard InChI is InChI=1S/C10H18N2O/c11-10(13)8-5-7-3-1-2-4-9(7)12-6-8/h7-9,12H,1-6H2,(H2,11,13). The van der Waals surface area contributed by atoms with E-state index in [4.69, 9.17) is 5.73 Å². The van der Waals surface area contributed by atoms with Gasteiger partial charge in [0, 0.05) is 12.6 Å². The predicted molar refractivity (Wildman–Crippen MR) is 51.1 cm³/mol. The SMILES string of the molecule is NC(=O)C1CNC2CCCCC2C1. The summed E-state index contributed by atoms with van der Waals surface area (Å²) in [7, 11) is 0. The first kappa shape index (κ1) is 9.00. The molecule has 1 amide bonds. The number of nitrogens with two attached hydrogens (primary N) is 1. The summed E-state index contributed by atoms with van der Waals surface area (Å²) < 4.78 is 0. The molecule has 2 rings (SSSR count). The van der Waals surface area contributed by atoms with E-state index in [9.17, 15) is 4.79 Å². The van der Waals surface area contributed by atoms with Crippen LogP contribution in [0.5, 0.6) is 0 Å². The number of amides is 1. The summed E-state index contributed by atoms with van der Waals surface area (Å²) in [6, 6.07) is 0.671. The van der Waals surface area contributed by atoms with Crippen molar-refractivity contribution in [3.63, 3.8) is 0 Å². The van der Waals surface area contributed by atoms with E-state index in [1.165, 1.54) is 25.7 Å². The molecule has 0 aromatic heterocycles. The third-order valence-electron chi connectivity index (χ3n) is 3.53. The first-order valence-electron chi connectivity index (χ1n) is 5.30. The summed E-state index contributed by atoms with van der Waals surface area (Å²) in [5.74, 6) is 0.663. The van der Waals surface area contributed by atoms with Crippen molar-refractivity contribution < 1.29 is 4.79 Å². The van der Waals surface area contributed by atoms with Crippen molar-refractivity contribution in [3.05, 3.63) is 0 Å². The fourth-order valence-electron chi connectivity index (χ4n) is 2.72. The third kappa shape index (κ3) is 1.85. The van der Waals surface area contributed by atoms with Crippen molar-refractivity contribution in [2.75, 3.05) is 6.54 Å². The van der Waals surface area contributed by atoms with Crippen molar-refractivity contribution >= 4 is 5.91 Å². The van der Waals surface area contributed by atoms with Crippen LogP contribution >= 0.6 is 0 Å². The molecule has 1 aliphatic heterocycles. The van der Waals surface area contributed by atoms with Crippen molar-refractivity contribution in [3.8, 4) is 0 Å². The zero-order valence-corrected chi connectivity index (χ0v) is 7.96. The minimum absolute atomic E-state index is 0.0827. The summed E-state index contributed by atoms with van der Waals surface area (Å²) in [6.07, 6.45) is 6.26. The number of hydrogen-bond donors (Lipinski definition) is 2. The molecule has 1 aliphatic carbocycles. The predicted octanol–water partition coefficient (Wildman–Crippen LogP) is 0.640. The van der Waals surface area contributed by atoms with Gasteiger partial charge in [0.25, 0.3) is 0 Å². The number of carbonyl (C=O) groups excluding carboxylic acids is 1. The first-order valence-corrected chi connectivity index (χ1v) is 5.30. The third-order valence-corrected chi connectivity index (χ3v) is 3.53. The number of fused-ring (bicyclic) bond motifs is 1. The second-order valence-corrected chi connectivity index (χ2v) is 4.39. The van der Waals surface area contributed by atoms with E-state index >= 15 is 0 Å². The van der Waals surface area contributed by atoms with Gasteiger partial charge in [-0.2, -0.15) is 0 Å². The average molecular weight is 182 g/mol. The lowest BCUT2D eigenvalue weighted by Crippen LogP contribution is -2.49. The fraction of sp³-hybridized carbons (Fsp3) is 0.900. The van der Waals surface area contributed by atoms with Gasteiger partial charge in [0.15, 0.2) is 0 Å². The molecule has 1 saturated heterocycles. The fourth-order valence-corrected chi connectivity index (χ4v) is 2.72. The minimum atomic E-state index is -0.128. The monoisotopic (exact) mass is 182 g/mol. The molecule has 2 fully saturated rings. The normalized spacial score (nSPS) is 39.5. The van der Waals surface area contributed by atoms with Crippen LogP contribution in [0.1, 0.15) is 32.1 Å². The Kier molecular flexibility index (Phi) is 2.54. The van der Waals surface area contributed by atoms with E-state index in [1.54, 1.807) is 0 Å². The Hall–Kier alpha value is -0.570. The Morgan fingerprint density at radius 1 is 1.31 bits per heavy atom. The Balaban J connectivity index is 1.95. The van der Waals surface area contributed by atoms with E-state index in [0.29, 0.717) is 12.0 Å². The van der Waals surface area contributed by atoms with E-state index in [1.807, 2.05) is 0 Å². The van der Waals surface area contributed by atoms with Gasteiger partial charge in [-0.15, -0.1) is 0 Å². The molecular weight excluding hydrogens is 164 g/mol. The van der Waals surface area contributed by atoms with Crippen molar-refractivity contribution in [2.45, 2.75) is 38.1 Å². The molecule has 1 heterocycles. The van der Waals surface area contributed by atoms with E-state index in [-0.39, 0.29) is 11.8 Å². The molecule has 3 nitrogen and oxygen atoms in total. The highest BCUT2D eigenvalue weighted by atomic mass is 16.1. The molecule has 3 N–H and O–H groups in total. The highest BCUT2D eigenvalue weighted by Gasteiger charge is 2.33. The van der Waals surface area contributed by atoms with Gasteiger partial charge < -0.3 is 11.1 Å². The second kappa shape index (κ2) is 3.66. The van der Waals surface area contributed by atoms with Gasteiger partial charge in [-0.3, -0.25) is 4.79 Å². The number of nitrogens with one attached hydrogen (secondary N) is 1. The van der Waals surface area contributed by atoms with Gasteiger partial charge >= 0.3 is 0 Å². The summed E-state index contributed by atoms with van der Waals surface area (Å²) in [5, 5.41) is 3.45. The molecule has 3 atom stereocenters. The molecule has 0 bridgehead atoms. The number of rotatable bonds is 1. The summed E-state index contributed by atoms with van der Waals surface area (Å²) in [6.45, 7) is 0.802. The van der Waals surface area contributed by atoms with Gasteiger partial charge in [0.1, 0.15) is 0 Å². The quantitative estimate of drug-likeness (QED) is 0.625. The van der Waals surface area contributed by atoms with Crippen LogP contribution < -0.4 is 11.1 Å². The highest BCUT2D eigenvalue weighted by molar-refractivity contribution is 5.77. The van der Waals surface area contributed by atoms with Gasteiger partial charge in [0.05, 0.1) is 5.92 Å². The Morgan fingerprint density at radius 2 is 2.08 bits per heavy atom. The molecule has 3 unspecified atom stereocenters. The van der Waals surface area contributed by atoms with E-state index in [2.05, 4.69) is 5.32 Å². The molecule has 1 saturated carbocycles. The molecule has 2 aliphatic rings.